The molecule has 2 N–H and O–H groups in total. The van der Waals surface area contributed by atoms with E-state index in [-0.39, 0.29) is 22.6 Å². The minimum atomic E-state index is -1.13. The van der Waals surface area contributed by atoms with Crippen LogP contribution in [0.4, 0.5) is 0 Å². The number of hydrogen-bond acceptors (Lipinski definition) is 6. The number of carboxylic acids is 2. The molecule has 0 bridgehead atoms. The fourth-order valence-electron chi connectivity index (χ4n) is 2.41. The lowest BCUT2D eigenvalue weighted by Gasteiger charge is -2.03. The third-order valence-corrected chi connectivity index (χ3v) is 3.74. The first kappa shape index (κ1) is 19.4. The van der Waals surface area contributed by atoms with Crippen molar-refractivity contribution in [2.24, 2.45) is 0 Å². The first-order valence-corrected chi connectivity index (χ1v) is 8.33. The fourth-order valence-corrected chi connectivity index (χ4v) is 2.41. The van der Waals surface area contributed by atoms with E-state index >= 15 is 0 Å². The first-order valence-electron chi connectivity index (χ1n) is 8.33. The van der Waals surface area contributed by atoms with Crippen molar-refractivity contribution in [3.63, 3.8) is 0 Å². The molecule has 4 aromatic rings. The summed E-state index contributed by atoms with van der Waals surface area (Å²) in [7, 11) is 0. The Morgan fingerprint density at radius 3 is 2.17 bits per heavy atom. The van der Waals surface area contributed by atoms with Crippen molar-refractivity contribution < 1.29 is 24.2 Å². The second-order valence-corrected chi connectivity index (χ2v) is 5.70. The Hall–Kier alpha value is -4.33. The Bertz CT molecular complexity index is 1230. The molecule has 3 heterocycles. The van der Waals surface area contributed by atoms with Crippen molar-refractivity contribution in [3.05, 3.63) is 94.5 Å². The molecule has 0 saturated carbocycles. The summed E-state index contributed by atoms with van der Waals surface area (Å²) in [6.45, 7) is 0. The van der Waals surface area contributed by atoms with Gasteiger partial charge in [0.15, 0.2) is 11.2 Å². The van der Waals surface area contributed by atoms with Crippen LogP contribution in [0.2, 0.25) is 0 Å². The van der Waals surface area contributed by atoms with Gasteiger partial charge in [0.2, 0.25) is 0 Å². The Balaban J connectivity index is 0.000000224. The number of pyridine rings is 2. The van der Waals surface area contributed by atoms with E-state index in [9.17, 15) is 14.4 Å². The number of para-hydroxylation sites is 1. The second kappa shape index (κ2) is 8.57. The van der Waals surface area contributed by atoms with Gasteiger partial charge in [0.05, 0.1) is 5.39 Å². The number of carboxylic acid groups (broad SMARTS) is 2. The second-order valence-electron chi connectivity index (χ2n) is 5.70. The third-order valence-electron chi connectivity index (χ3n) is 3.74. The summed E-state index contributed by atoms with van der Waals surface area (Å²) in [5, 5.41) is 17.7. The lowest BCUT2D eigenvalue weighted by atomic mass is 10.2. The monoisotopic (exact) mass is 390 g/mol. The van der Waals surface area contributed by atoms with Gasteiger partial charge < -0.3 is 14.6 Å². The van der Waals surface area contributed by atoms with E-state index in [0.717, 1.165) is 0 Å². The maximum atomic E-state index is 12.0. The van der Waals surface area contributed by atoms with Crippen LogP contribution in [-0.4, -0.2) is 32.1 Å². The van der Waals surface area contributed by atoms with Gasteiger partial charge in [0, 0.05) is 12.3 Å². The highest BCUT2D eigenvalue weighted by molar-refractivity contribution is 5.86. The molecule has 0 fully saturated rings. The number of hydrogen-bond donors (Lipinski definition) is 2. The molecular weight excluding hydrogens is 376 g/mol. The van der Waals surface area contributed by atoms with Gasteiger partial charge in [0.1, 0.15) is 22.7 Å². The van der Waals surface area contributed by atoms with Crippen molar-refractivity contribution in [2.45, 2.75) is 0 Å². The van der Waals surface area contributed by atoms with Crippen molar-refractivity contribution in [1.29, 1.82) is 0 Å². The lowest BCUT2D eigenvalue weighted by Crippen LogP contribution is -2.03. The zero-order chi connectivity index (χ0) is 20.8. The Labute approximate surface area is 163 Å². The number of fused-ring (bicyclic) bond motifs is 1. The number of carbonyl (C=O) groups is 2. The highest BCUT2D eigenvalue weighted by Crippen LogP contribution is 2.20. The molecule has 0 atom stereocenters. The number of nitrogens with zero attached hydrogens (tertiary/aromatic N) is 2. The van der Waals surface area contributed by atoms with Crippen LogP contribution in [0.15, 0.2) is 82.1 Å². The molecule has 0 aliphatic heterocycles. The molecular formula is C21H14N2O6. The number of aromatic carboxylic acids is 2. The molecule has 0 amide bonds. The van der Waals surface area contributed by atoms with Gasteiger partial charge in [-0.3, -0.25) is 4.79 Å². The lowest BCUT2D eigenvalue weighted by molar-refractivity contribution is 0.0680. The maximum Gasteiger partial charge on any atom is 0.354 e. The van der Waals surface area contributed by atoms with Crippen molar-refractivity contribution in [1.82, 2.24) is 9.97 Å². The normalized spacial score (nSPS) is 10.1. The summed E-state index contributed by atoms with van der Waals surface area (Å²) < 4.78 is 5.61. The maximum absolute atomic E-state index is 12.0. The van der Waals surface area contributed by atoms with Gasteiger partial charge in [-0.25, -0.2) is 19.6 Å². The molecule has 4 rings (SSSR count). The van der Waals surface area contributed by atoms with E-state index in [1.165, 1.54) is 24.4 Å². The predicted octanol–water partition coefficient (Wildman–Crippen LogP) is 3.33. The van der Waals surface area contributed by atoms with Crippen molar-refractivity contribution in [3.8, 4) is 11.5 Å². The Morgan fingerprint density at radius 2 is 1.52 bits per heavy atom. The third kappa shape index (κ3) is 4.69. The number of rotatable bonds is 3. The minimum absolute atomic E-state index is 0.0810. The van der Waals surface area contributed by atoms with Gasteiger partial charge in [-0.15, -0.1) is 0 Å². The number of aromatic nitrogens is 2. The van der Waals surface area contributed by atoms with E-state index < -0.39 is 11.9 Å². The van der Waals surface area contributed by atoms with Gasteiger partial charge in [0.25, 0.3) is 0 Å². The highest BCUT2D eigenvalue weighted by Gasteiger charge is 2.10. The summed E-state index contributed by atoms with van der Waals surface area (Å²) in [6, 6.07) is 17.5. The van der Waals surface area contributed by atoms with Crippen LogP contribution in [0.3, 0.4) is 0 Å². The van der Waals surface area contributed by atoms with E-state index in [1.807, 2.05) is 0 Å². The van der Waals surface area contributed by atoms with Crippen LogP contribution in [-0.2, 0) is 0 Å². The van der Waals surface area contributed by atoms with Crippen LogP contribution < -0.4 is 5.43 Å². The average molecular weight is 390 g/mol. The molecule has 0 saturated heterocycles. The summed E-state index contributed by atoms with van der Waals surface area (Å²) in [4.78, 5) is 40.6. The van der Waals surface area contributed by atoms with Crippen LogP contribution >= 0.6 is 0 Å². The minimum Gasteiger partial charge on any atom is -0.477 e. The summed E-state index contributed by atoms with van der Waals surface area (Å²) >= 11 is 0. The topological polar surface area (TPSA) is 131 Å². The largest absolute Gasteiger partial charge is 0.477 e. The number of benzene rings is 1. The zero-order valence-electron chi connectivity index (χ0n) is 14.9. The van der Waals surface area contributed by atoms with Crippen LogP contribution in [0.5, 0.6) is 0 Å². The molecule has 0 radical (unpaired) electrons. The highest BCUT2D eigenvalue weighted by atomic mass is 16.4. The predicted molar refractivity (Wildman–Crippen MR) is 104 cm³/mol. The summed E-state index contributed by atoms with van der Waals surface area (Å²) in [5.41, 5.74) is 0.547. The van der Waals surface area contributed by atoms with Gasteiger partial charge in [-0.05, 0) is 36.4 Å². The Morgan fingerprint density at radius 1 is 0.828 bits per heavy atom. The van der Waals surface area contributed by atoms with E-state index in [0.29, 0.717) is 16.7 Å². The zero-order valence-corrected chi connectivity index (χ0v) is 14.9. The van der Waals surface area contributed by atoms with Crippen molar-refractivity contribution in [2.75, 3.05) is 0 Å². The van der Waals surface area contributed by atoms with Gasteiger partial charge in [-0.2, -0.15) is 0 Å². The van der Waals surface area contributed by atoms with Crippen LogP contribution in [0.1, 0.15) is 21.0 Å². The first-order chi connectivity index (χ1) is 14.0. The van der Waals surface area contributed by atoms with E-state index in [4.69, 9.17) is 14.6 Å². The molecule has 144 valence electrons. The summed E-state index contributed by atoms with van der Waals surface area (Å²) in [5.74, 6) is -1.87. The van der Waals surface area contributed by atoms with Gasteiger partial charge >= 0.3 is 11.9 Å². The standard InChI is InChI=1S/C15H9NO4.C6H5NO2/c17-12-8-14(20-13-7-2-1-4-9(12)13)10-5-3-6-11(16-10)15(18)19;8-6(9)5-3-1-2-4-7-5/h1-8H,(H,18,19);1-4H,(H,8,9). The van der Waals surface area contributed by atoms with Crippen molar-refractivity contribution >= 4 is 22.9 Å². The molecule has 8 nitrogen and oxygen atoms in total. The quantitative estimate of drug-likeness (QED) is 0.545. The summed E-state index contributed by atoms with van der Waals surface area (Å²) in [6.07, 6.45) is 1.45. The van der Waals surface area contributed by atoms with Crippen LogP contribution in [0, 0.1) is 0 Å². The Kier molecular flexibility index (Phi) is 5.74. The smallest absolute Gasteiger partial charge is 0.354 e. The average Bonchev–Trinajstić information content (AvgIpc) is 2.75. The molecule has 8 heteroatoms. The molecule has 0 aliphatic rings. The SMILES string of the molecule is O=C(O)c1cccc(-c2cc(=O)c3ccccc3o2)n1.O=C(O)c1ccccn1. The molecule has 1 aromatic carbocycles. The molecule has 0 aliphatic carbocycles. The van der Waals surface area contributed by atoms with Gasteiger partial charge in [-0.1, -0.05) is 24.3 Å². The molecule has 29 heavy (non-hydrogen) atoms. The molecule has 0 unspecified atom stereocenters. The van der Waals surface area contributed by atoms with E-state index in [1.54, 1.807) is 48.5 Å². The molecule has 3 aromatic heterocycles. The van der Waals surface area contributed by atoms with E-state index in [2.05, 4.69) is 9.97 Å². The molecule has 0 spiro atoms. The fraction of sp³-hybridized carbons (Fsp3) is 0. The van der Waals surface area contributed by atoms with Crippen LogP contribution in [0.25, 0.3) is 22.4 Å².